The third kappa shape index (κ3) is 61.6. The molecule has 0 saturated carbocycles. The molecule has 3 N–H and O–H groups in total. The second-order valence-corrected chi connectivity index (χ2v) is 23.9. The molecule has 0 saturated heterocycles. The Labute approximate surface area is 475 Å². The molecule has 2 unspecified atom stereocenters. The van der Waals surface area contributed by atoms with Crippen LogP contribution in [0.5, 0.6) is 0 Å². The lowest BCUT2D eigenvalue weighted by Crippen LogP contribution is -2.45. The first kappa shape index (κ1) is 74.3. The second kappa shape index (κ2) is 65.9. The van der Waals surface area contributed by atoms with Gasteiger partial charge in [0.1, 0.15) is 0 Å². The van der Waals surface area contributed by atoms with Crippen LogP contribution in [0.15, 0.2) is 24.3 Å². The number of hydrogen-bond donors (Lipinski definition) is 3. The van der Waals surface area contributed by atoms with Crippen molar-refractivity contribution in [2.24, 2.45) is 0 Å². The molecule has 0 aromatic rings. The van der Waals surface area contributed by atoms with Gasteiger partial charge in [0.25, 0.3) is 0 Å². The smallest absolute Gasteiger partial charge is 0.305 e. The minimum absolute atomic E-state index is 0.00449. The highest BCUT2D eigenvalue weighted by Gasteiger charge is 2.18. The Bertz CT molecular complexity index is 1190. The summed E-state index contributed by atoms with van der Waals surface area (Å²) in [6, 6.07) is -0.629. The molecule has 0 heterocycles. The summed E-state index contributed by atoms with van der Waals surface area (Å²) in [5.74, 6) is -0.0587. The highest BCUT2D eigenvalue weighted by Crippen LogP contribution is 2.19. The van der Waals surface area contributed by atoms with Gasteiger partial charge < -0.3 is 20.3 Å². The fourth-order valence-corrected chi connectivity index (χ4v) is 10.9. The van der Waals surface area contributed by atoms with E-state index in [9.17, 15) is 19.8 Å². The number of amides is 1. The van der Waals surface area contributed by atoms with Crippen molar-refractivity contribution in [1.29, 1.82) is 0 Å². The summed E-state index contributed by atoms with van der Waals surface area (Å²) in [6.45, 7) is 4.91. The van der Waals surface area contributed by atoms with E-state index in [1.807, 2.05) is 6.08 Å². The van der Waals surface area contributed by atoms with E-state index in [-0.39, 0.29) is 18.5 Å². The first-order valence-electron chi connectivity index (χ1n) is 34.6. The Hall–Kier alpha value is -1.66. The molecule has 0 aliphatic heterocycles. The average molecular weight is 1070 g/mol. The molecule has 6 heteroatoms. The Morgan fingerprint density at radius 3 is 0.961 bits per heavy atom. The topological polar surface area (TPSA) is 95.9 Å². The van der Waals surface area contributed by atoms with Gasteiger partial charge in [-0.25, -0.2) is 0 Å². The molecule has 0 spiro atoms. The Kier molecular flexibility index (Phi) is 64.4. The maximum absolute atomic E-state index is 12.5. The lowest BCUT2D eigenvalue weighted by molar-refractivity contribution is -0.143. The number of aliphatic hydroxyl groups is 2. The third-order valence-corrected chi connectivity index (χ3v) is 16.2. The first-order valence-corrected chi connectivity index (χ1v) is 34.6. The SMILES string of the molecule is CCCCC/C=C\CCCCCCCC(=O)OCCCCCCCCCCCCCCCCCCCCCCCCCC(=O)NC(CO)C(O)/C=C/CCCCCCCCCCCCCCCCCCCCCCCC. The number of esters is 1. The number of carbonyl (C=O) groups excluding carboxylic acids is 2. The first-order chi connectivity index (χ1) is 37.5. The van der Waals surface area contributed by atoms with Crippen molar-refractivity contribution >= 4 is 11.9 Å². The van der Waals surface area contributed by atoms with E-state index >= 15 is 0 Å². The molecule has 76 heavy (non-hydrogen) atoms. The van der Waals surface area contributed by atoms with E-state index in [4.69, 9.17) is 4.74 Å². The van der Waals surface area contributed by atoms with Gasteiger partial charge in [-0.15, -0.1) is 0 Å². The Morgan fingerprint density at radius 1 is 0.355 bits per heavy atom. The highest BCUT2D eigenvalue weighted by molar-refractivity contribution is 5.76. The zero-order chi connectivity index (χ0) is 55.0. The third-order valence-electron chi connectivity index (χ3n) is 16.2. The van der Waals surface area contributed by atoms with Crippen molar-refractivity contribution < 1.29 is 24.5 Å². The van der Waals surface area contributed by atoms with E-state index in [0.717, 1.165) is 44.9 Å². The van der Waals surface area contributed by atoms with Crippen LogP contribution in [-0.2, 0) is 14.3 Å². The Morgan fingerprint density at radius 2 is 0.618 bits per heavy atom. The molecule has 0 fully saturated rings. The molecular weight excluding hydrogens is 935 g/mol. The largest absolute Gasteiger partial charge is 0.466 e. The number of ether oxygens (including phenoxy) is 1. The summed E-state index contributed by atoms with van der Waals surface area (Å²) in [5, 5.41) is 23.3. The summed E-state index contributed by atoms with van der Waals surface area (Å²) >= 11 is 0. The van der Waals surface area contributed by atoms with Gasteiger partial charge in [-0.2, -0.15) is 0 Å². The normalized spacial score (nSPS) is 12.6. The Balaban J connectivity index is 3.41. The number of carbonyl (C=O) groups is 2. The van der Waals surface area contributed by atoms with Crippen LogP contribution in [0.3, 0.4) is 0 Å². The van der Waals surface area contributed by atoms with E-state index in [2.05, 4.69) is 31.3 Å². The van der Waals surface area contributed by atoms with Gasteiger partial charge in [-0.05, 0) is 57.8 Å². The predicted molar refractivity (Wildman–Crippen MR) is 333 cm³/mol. The van der Waals surface area contributed by atoms with Crippen LogP contribution >= 0.6 is 0 Å². The zero-order valence-electron chi connectivity index (χ0n) is 51.5. The molecule has 0 bridgehead atoms. The van der Waals surface area contributed by atoms with Gasteiger partial charge >= 0.3 is 5.97 Å². The van der Waals surface area contributed by atoms with Crippen LogP contribution in [0, 0.1) is 0 Å². The molecule has 0 aliphatic rings. The lowest BCUT2D eigenvalue weighted by atomic mass is 10.0. The number of rotatable bonds is 65. The molecule has 0 aromatic heterocycles. The lowest BCUT2D eigenvalue weighted by Gasteiger charge is -2.20. The quantitative estimate of drug-likeness (QED) is 0.0320. The van der Waals surface area contributed by atoms with Crippen molar-refractivity contribution in [2.45, 2.75) is 398 Å². The number of unbranched alkanes of at least 4 members (excludes halogenated alkanes) is 52. The fourth-order valence-electron chi connectivity index (χ4n) is 10.9. The van der Waals surface area contributed by atoms with Gasteiger partial charge in [-0.3, -0.25) is 9.59 Å². The molecule has 1 amide bonds. The molecule has 0 aliphatic carbocycles. The average Bonchev–Trinajstić information content (AvgIpc) is 3.42. The van der Waals surface area contributed by atoms with Crippen LogP contribution in [0.4, 0.5) is 0 Å². The molecule has 2 atom stereocenters. The van der Waals surface area contributed by atoms with Crippen molar-refractivity contribution in [3.8, 4) is 0 Å². The second-order valence-electron chi connectivity index (χ2n) is 23.9. The van der Waals surface area contributed by atoms with Gasteiger partial charge in [0.05, 0.1) is 25.4 Å². The maximum atomic E-state index is 12.5. The highest BCUT2D eigenvalue weighted by atomic mass is 16.5. The van der Waals surface area contributed by atoms with E-state index in [1.165, 1.54) is 315 Å². The maximum Gasteiger partial charge on any atom is 0.305 e. The van der Waals surface area contributed by atoms with Crippen LogP contribution in [0.25, 0.3) is 0 Å². The van der Waals surface area contributed by atoms with Crippen molar-refractivity contribution in [3.63, 3.8) is 0 Å². The van der Waals surface area contributed by atoms with E-state index < -0.39 is 12.1 Å². The van der Waals surface area contributed by atoms with Crippen LogP contribution in [0.2, 0.25) is 0 Å². The summed E-state index contributed by atoms with van der Waals surface area (Å²) in [7, 11) is 0. The van der Waals surface area contributed by atoms with Crippen LogP contribution in [-0.4, -0.2) is 47.4 Å². The minimum Gasteiger partial charge on any atom is -0.466 e. The fraction of sp³-hybridized carbons (Fsp3) is 0.914. The summed E-state index contributed by atoms with van der Waals surface area (Å²) in [6.07, 6.45) is 82.5. The molecule has 450 valence electrons. The van der Waals surface area contributed by atoms with E-state index in [0.29, 0.717) is 19.4 Å². The molecule has 0 radical (unpaired) electrons. The van der Waals surface area contributed by atoms with Gasteiger partial charge in [0, 0.05) is 12.8 Å². The predicted octanol–water partition coefficient (Wildman–Crippen LogP) is 22.1. The summed E-state index contributed by atoms with van der Waals surface area (Å²) in [4.78, 5) is 24.6. The van der Waals surface area contributed by atoms with Crippen molar-refractivity contribution in [1.82, 2.24) is 5.32 Å². The monoisotopic (exact) mass is 1070 g/mol. The minimum atomic E-state index is -0.845. The van der Waals surface area contributed by atoms with Crippen LogP contribution < -0.4 is 5.32 Å². The molecule has 6 nitrogen and oxygen atoms in total. The molecule has 0 rings (SSSR count). The molecular formula is C70H135NO5. The number of hydrogen-bond acceptors (Lipinski definition) is 5. The van der Waals surface area contributed by atoms with Gasteiger partial charge in [-0.1, -0.05) is 340 Å². The molecule has 0 aromatic carbocycles. The van der Waals surface area contributed by atoms with Crippen LogP contribution in [0.1, 0.15) is 386 Å². The number of allylic oxidation sites excluding steroid dienone is 3. The van der Waals surface area contributed by atoms with Gasteiger partial charge in [0.15, 0.2) is 0 Å². The van der Waals surface area contributed by atoms with Gasteiger partial charge in [0.2, 0.25) is 5.91 Å². The van der Waals surface area contributed by atoms with Crippen molar-refractivity contribution in [3.05, 3.63) is 24.3 Å². The van der Waals surface area contributed by atoms with E-state index in [1.54, 1.807) is 6.08 Å². The summed E-state index contributed by atoms with van der Waals surface area (Å²) < 4.78 is 5.47. The summed E-state index contributed by atoms with van der Waals surface area (Å²) in [5.41, 5.74) is 0. The van der Waals surface area contributed by atoms with Crippen molar-refractivity contribution in [2.75, 3.05) is 13.2 Å². The number of nitrogens with one attached hydrogen (secondary N) is 1. The zero-order valence-corrected chi connectivity index (χ0v) is 51.5. The standard InChI is InChI=1S/C70H135NO5/c1-3-5-7-9-11-13-15-17-18-19-20-21-22-24-27-30-33-36-39-42-46-50-54-58-62-68(73)67(66-72)71-69(74)63-59-55-51-47-43-40-37-34-31-28-25-23-26-29-32-35-38-41-45-49-53-57-61-65-76-70(75)64-60-56-52-48-44-16-14-12-10-8-6-4-2/h12,14,58,62,67-68,72-73H,3-11,13,15-57,59-61,63-66H2,1-2H3,(H,71,74)/b14-12-,62-58+. The number of aliphatic hydroxyl groups excluding tert-OH is 2.